The predicted molar refractivity (Wildman–Crippen MR) is 123 cm³/mol. The van der Waals surface area contributed by atoms with Crippen molar-refractivity contribution in [1.29, 1.82) is 5.26 Å². The largest absolute Gasteiger partial charge is 0.370 e. The van der Waals surface area contributed by atoms with Gasteiger partial charge in [-0.3, -0.25) is 15.0 Å². The Balaban J connectivity index is 1.21. The highest BCUT2D eigenvalue weighted by Gasteiger charge is 2.38. The number of amides is 2. The van der Waals surface area contributed by atoms with E-state index in [1.165, 1.54) is 0 Å². The zero-order valence-electron chi connectivity index (χ0n) is 18.6. The minimum absolute atomic E-state index is 0.0502. The number of likely N-dealkylation sites (tertiary alicyclic amines) is 1. The second-order valence-corrected chi connectivity index (χ2v) is 9.62. The molecule has 3 aliphatic heterocycles. The van der Waals surface area contributed by atoms with Gasteiger partial charge >= 0.3 is 0 Å². The van der Waals surface area contributed by atoms with Gasteiger partial charge in [0.25, 0.3) is 11.8 Å². The molecule has 10 nitrogen and oxygen atoms in total. The standard InChI is InChI=1S/C22H29BrN6O4/c1-14(33-18-12-26-27-21(30)20(18)23)13-32-17-6-9-29(22(17)31)16-4-7-28(8-5-16)19-3-2-15(10-24)11-25-19/h2-3,11,14,16-18,20,26H,4-9,12-13H2,1H3,(H,27,30)/t14-,17-,18?,20?/m0/s1. The average Bonchev–Trinajstić information content (AvgIpc) is 3.21. The maximum absolute atomic E-state index is 13.0. The number of hydrogen-bond donors (Lipinski definition) is 2. The van der Waals surface area contributed by atoms with E-state index in [2.05, 4.69) is 42.7 Å². The monoisotopic (exact) mass is 520 g/mol. The molecule has 0 aliphatic carbocycles. The molecule has 0 radical (unpaired) electrons. The summed E-state index contributed by atoms with van der Waals surface area (Å²) >= 11 is 3.35. The third kappa shape index (κ3) is 5.63. The van der Waals surface area contributed by atoms with Gasteiger partial charge in [0.05, 0.1) is 24.4 Å². The maximum Gasteiger partial charge on any atom is 0.252 e. The van der Waals surface area contributed by atoms with E-state index in [1.54, 1.807) is 12.3 Å². The number of nitriles is 1. The minimum atomic E-state index is -0.443. The maximum atomic E-state index is 13.0. The van der Waals surface area contributed by atoms with Gasteiger partial charge in [-0.05, 0) is 31.9 Å². The van der Waals surface area contributed by atoms with Gasteiger partial charge in [0, 0.05) is 44.8 Å². The van der Waals surface area contributed by atoms with Gasteiger partial charge < -0.3 is 19.3 Å². The number of aromatic nitrogens is 1. The first-order valence-electron chi connectivity index (χ1n) is 11.3. The van der Waals surface area contributed by atoms with Gasteiger partial charge in [-0.25, -0.2) is 10.4 Å². The van der Waals surface area contributed by atoms with Gasteiger partial charge in [-0.1, -0.05) is 15.9 Å². The lowest BCUT2D eigenvalue weighted by molar-refractivity contribution is -0.143. The topological polar surface area (TPSA) is 120 Å². The Kier molecular flexibility index (Phi) is 7.80. The molecule has 3 aliphatic rings. The number of alkyl halides is 1. The molecule has 0 saturated carbocycles. The fourth-order valence-corrected chi connectivity index (χ4v) is 4.95. The highest BCUT2D eigenvalue weighted by Crippen LogP contribution is 2.26. The summed E-state index contributed by atoms with van der Waals surface area (Å²) in [6.07, 6.45) is 3.04. The van der Waals surface area contributed by atoms with Crippen molar-refractivity contribution < 1.29 is 19.1 Å². The molecular formula is C22H29BrN6O4. The van der Waals surface area contributed by atoms with Crippen LogP contribution in [0.3, 0.4) is 0 Å². The Bertz CT molecular complexity index is 886. The molecule has 3 fully saturated rings. The molecule has 0 bridgehead atoms. The van der Waals surface area contributed by atoms with Crippen LogP contribution < -0.4 is 15.8 Å². The minimum Gasteiger partial charge on any atom is -0.370 e. The Labute approximate surface area is 201 Å². The van der Waals surface area contributed by atoms with Crippen LogP contribution in [0.1, 0.15) is 31.7 Å². The number of piperidine rings is 1. The molecule has 2 unspecified atom stereocenters. The van der Waals surface area contributed by atoms with E-state index in [9.17, 15) is 9.59 Å². The second-order valence-electron chi connectivity index (χ2n) is 8.63. The molecule has 11 heteroatoms. The quantitative estimate of drug-likeness (QED) is 0.504. The number of halogens is 1. The first-order chi connectivity index (χ1) is 16.0. The number of nitrogens with zero attached hydrogens (tertiary/aromatic N) is 4. The predicted octanol–water partition coefficient (Wildman–Crippen LogP) is 0.711. The molecule has 2 N–H and O–H groups in total. The Morgan fingerprint density at radius 3 is 2.76 bits per heavy atom. The number of hydrogen-bond acceptors (Lipinski definition) is 8. The highest BCUT2D eigenvalue weighted by molar-refractivity contribution is 9.10. The molecule has 0 spiro atoms. The number of pyridine rings is 1. The van der Waals surface area contributed by atoms with Crippen molar-refractivity contribution in [2.24, 2.45) is 0 Å². The lowest BCUT2D eigenvalue weighted by Gasteiger charge is -2.37. The van der Waals surface area contributed by atoms with E-state index < -0.39 is 10.9 Å². The van der Waals surface area contributed by atoms with Gasteiger partial charge in [-0.2, -0.15) is 5.26 Å². The van der Waals surface area contributed by atoms with Gasteiger partial charge in [-0.15, -0.1) is 0 Å². The molecule has 1 aromatic rings. The van der Waals surface area contributed by atoms with Crippen LogP contribution in [0.2, 0.25) is 0 Å². The molecule has 3 saturated heterocycles. The third-order valence-corrected chi connectivity index (χ3v) is 7.33. The van der Waals surface area contributed by atoms with Crippen molar-refractivity contribution in [2.45, 2.75) is 55.4 Å². The van der Waals surface area contributed by atoms with Crippen LogP contribution >= 0.6 is 15.9 Å². The average molecular weight is 521 g/mol. The van der Waals surface area contributed by atoms with Crippen molar-refractivity contribution in [1.82, 2.24) is 20.7 Å². The molecule has 178 valence electrons. The van der Waals surface area contributed by atoms with Crippen molar-refractivity contribution >= 4 is 33.6 Å². The summed E-state index contributed by atoms with van der Waals surface area (Å²) < 4.78 is 11.8. The summed E-state index contributed by atoms with van der Waals surface area (Å²) in [5.41, 5.74) is 5.91. The number of anilines is 1. The SMILES string of the molecule is C[C@@H](CO[C@H]1CCN(C2CCN(c3ccc(C#N)cn3)CC2)C1=O)OC1CNNC(=O)C1Br. The van der Waals surface area contributed by atoms with Crippen LogP contribution in [-0.4, -0.2) is 83.7 Å². The summed E-state index contributed by atoms with van der Waals surface area (Å²) in [6, 6.07) is 5.95. The second kappa shape index (κ2) is 10.8. The van der Waals surface area contributed by atoms with Crippen LogP contribution in [0.4, 0.5) is 5.82 Å². The lowest BCUT2D eigenvalue weighted by Crippen LogP contribution is -2.57. The number of carbonyl (C=O) groups is 2. The van der Waals surface area contributed by atoms with Crippen molar-refractivity contribution in [2.75, 3.05) is 37.7 Å². The number of carbonyl (C=O) groups excluding carboxylic acids is 2. The Morgan fingerprint density at radius 2 is 2.06 bits per heavy atom. The van der Waals surface area contributed by atoms with E-state index in [0.29, 0.717) is 31.7 Å². The molecule has 4 atom stereocenters. The van der Waals surface area contributed by atoms with E-state index in [0.717, 1.165) is 31.7 Å². The van der Waals surface area contributed by atoms with E-state index >= 15 is 0 Å². The van der Waals surface area contributed by atoms with Gasteiger partial charge in [0.15, 0.2) is 0 Å². The van der Waals surface area contributed by atoms with Crippen molar-refractivity contribution in [3.8, 4) is 6.07 Å². The third-order valence-electron chi connectivity index (χ3n) is 6.33. The van der Waals surface area contributed by atoms with Crippen molar-refractivity contribution in [3.05, 3.63) is 23.9 Å². The molecule has 4 heterocycles. The highest BCUT2D eigenvalue weighted by atomic mass is 79.9. The molecule has 2 amide bonds. The van der Waals surface area contributed by atoms with Crippen molar-refractivity contribution in [3.63, 3.8) is 0 Å². The molecular weight excluding hydrogens is 492 g/mol. The summed E-state index contributed by atoms with van der Waals surface area (Å²) in [5, 5.41) is 8.93. The van der Waals surface area contributed by atoms with Crippen LogP contribution in [-0.2, 0) is 19.1 Å². The first-order valence-corrected chi connectivity index (χ1v) is 12.2. The molecule has 4 rings (SSSR count). The smallest absolute Gasteiger partial charge is 0.252 e. The zero-order valence-corrected chi connectivity index (χ0v) is 20.2. The fourth-order valence-electron chi connectivity index (χ4n) is 4.52. The molecule has 1 aromatic heterocycles. The Hall–Kier alpha value is -2.26. The van der Waals surface area contributed by atoms with Gasteiger partial charge in [0.2, 0.25) is 0 Å². The number of hydrazine groups is 1. The normalized spacial score (nSPS) is 27.4. The van der Waals surface area contributed by atoms with Crippen LogP contribution in [0, 0.1) is 11.3 Å². The van der Waals surface area contributed by atoms with E-state index in [-0.39, 0.29) is 30.1 Å². The zero-order chi connectivity index (χ0) is 23.4. The summed E-state index contributed by atoms with van der Waals surface area (Å²) in [7, 11) is 0. The number of ether oxygens (including phenoxy) is 2. The van der Waals surface area contributed by atoms with Crippen LogP contribution in [0.15, 0.2) is 18.3 Å². The van der Waals surface area contributed by atoms with Gasteiger partial charge in [0.1, 0.15) is 22.8 Å². The molecule has 33 heavy (non-hydrogen) atoms. The summed E-state index contributed by atoms with van der Waals surface area (Å²) in [6.45, 7) is 5.02. The fraction of sp³-hybridized carbons (Fsp3) is 0.636. The number of nitrogens with one attached hydrogen (secondary N) is 2. The first kappa shape index (κ1) is 23.9. The Morgan fingerprint density at radius 1 is 1.27 bits per heavy atom. The number of rotatable bonds is 7. The lowest BCUT2D eigenvalue weighted by atomic mass is 10.0. The summed E-state index contributed by atoms with van der Waals surface area (Å²) in [5.74, 6) is 0.753. The van der Waals surface area contributed by atoms with Crippen LogP contribution in [0.25, 0.3) is 0 Å². The van der Waals surface area contributed by atoms with Crippen LogP contribution in [0.5, 0.6) is 0 Å². The van der Waals surface area contributed by atoms with E-state index in [1.807, 2.05) is 17.9 Å². The van der Waals surface area contributed by atoms with E-state index in [4.69, 9.17) is 14.7 Å². The summed E-state index contributed by atoms with van der Waals surface area (Å²) in [4.78, 5) is 32.8. The molecule has 0 aromatic carbocycles.